The fourth-order valence-electron chi connectivity index (χ4n) is 0.836. The molecule has 1 rings (SSSR count). The van der Waals surface area contributed by atoms with Gasteiger partial charge in [0.2, 0.25) is 0 Å². The Morgan fingerprint density at radius 2 is 2.55 bits per heavy atom. The van der Waals surface area contributed by atoms with E-state index in [1.807, 2.05) is 18.5 Å². The lowest BCUT2D eigenvalue weighted by molar-refractivity contribution is 1.27. The molecule has 2 heteroatoms. The van der Waals surface area contributed by atoms with Crippen LogP contribution in [0.1, 0.15) is 5.56 Å². The Morgan fingerprint density at radius 3 is 3.18 bits per heavy atom. The minimum absolute atomic E-state index is 0.968. The zero-order chi connectivity index (χ0) is 7.94. The Morgan fingerprint density at radius 1 is 1.64 bits per heavy atom. The number of hydrogen-bond donors (Lipinski definition) is 1. The summed E-state index contributed by atoms with van der Waals surface area (Å²) in [5.41, 5.74) is 1.30. The molecule has 0 fully saturated rings. The van der Waals surface area contributed by atoms with Gasteiger partial charge in [-0.2, -0.15) is 0 Å². The minimum Gasteiger partial charge on any atom is -0.367 e. The van der Waals surface area contributed by atoms with E-state index in [4.69, 9.17) is 0 Å². The molecule has 11 heavy (non-hydrogen) atoms. The van der Waals surface area contributed by atoms with Crippen molar-refractivity contribution in [2.45, 2.75) is 6.42 Å². The third-order valence-electron chi connectivity index (χ3n) is 1.39. The number of aromatic amines is 1. The maximum Gasteiger partial charge on any atom is 0.0277 e. The molecule has 0 aromatic carbocycles. The molecule has 0 amide bonds. The molecule has 0 bridgehead atoms. The van der Waals surface area contributed by atoms with Crippen LogP contribution in [0.2, 0.25) is 0 Å². The third-order valence-corrected chi connectivity index (χ3v) is 1.39. The topological polar surface area (TPSA) is 28.1 Å². The fourth-order valence-corrected chi connectivity index (χ4v) is 0.836. The van der Waals surface area contributed by atoms with Gasteiger partial charge < -0.3 is 4.98 Å². The number of allylic oxidation sites excluding steroid dienone is 2. The van der Waals surface area contributed by atoms with Gasteiger partial charge in [-0.15, -0.1) is 0 Å². The van der Waals surface area contributed by atoms with E-state index in [-0.39, 0.29) is 0 Å². The van der Waals surface area contributed by atoms with Gasteiger partial charge in [-0.1, -0.05) is 6.08 Å². The third kappa shape index (κ3) is 2.85. The van der Waals surface area contributed by atoms with Crippen LogP contribution in [0, 0.1) is 0 Å². The van der Waals surface area contributed by atoms with Crippen LogP contribution < -0.4 is 0 Å². The fraction of sp³-hybridized carbons (Fsp3) is 0.222. The first-order valence-electron chi connectivity index (χ1n) is 3.62. The van der Waals surface area contributed by atoms with Crippen molar-refractivity contribution in [1.82, 2.24) is 4.98 Å². The molecule has 58 valence electrons. The van der Waals surface area contributed by atoms with Crippen molar-refractivity contribution in [1.29, 1.82) is 0 Å². The van der Waals surface area contributed by atoms with Crippen LogP contribution in [0.5, 0.6) is 0 Å². The van der Waals surface area contributed by atoms with Crippen LogP contribution in [0.4, 0.5) is 0 Å². The van der Waals surface area contributed by atoms with Crippen LogP contribution in [-0.2, 0) is 6.42 Å². The maximum absolute atomic E-state index is 3.83. The first-order chi connectivity index (χ1) is 5.43. The molecule has 0 aliphatic rings. The van der Waals surface area contributed by atoms with Crippen LogP contribution in [0.25, 0.3) is 0 Å². The van der Waals surface area contributed by atoms with Crippen LogP contribution in [0.3, 0.4) is 0 Å². The molecule has 0 aliphatic carbocycles. The highest BCUT2D eigenvalue weighted by Gasteiger charge is 1.85. The smallest absolute Gasteiger partial charge is 0.0277 e. The van der Waals surface area contributed by atoms with Crippen LogP contribution in [-0.4, -0.2) is 18.2 Å². The Balaban J connectivity index is 2.34. The molecular weight excluding hydrogens is 136 g/mol. The van der Waals surface area contributed by atoms with Crippen LogP contribution >= 0.6 is 0 Å². The molecule has 1 heterocycles. The number of aromatic nitrogens is 1. The quantitative estimate of drug-likeness (QED) is 0.633. The molecule has 0 radical (unpaired) electrons. The summed E-state index contributed by atoms with van der Waals surface area (Å²) in [6.45, 7) is 0. The van der Waals surface area contributed by atoms with E-state index >= 15 is 0 Å². The number of rotatable bonds is 3. The average Bonchev–Trinajstić information content (AvgIpc) is 2.50. The van der Waals surface area contributed by atoms with Gasteiger partial charge in [0, 0.05) is 25.7 Å². The highest BCUT2D eigenvalue weighted by atomic mass is 14.6. The summed E-state index contributed by atoms with van der Waals surface area (Å²) < 4.78 is 0. The molecule has 1 N–H and O–H groups in total. The van der Waals surface area contributed by atoms with Gasteiger partial charge >= 0.3 is 0 Å². The largest absolute Gasteiger partial charge is 0.367 e. The van der Waals surface area contributed by atoms with Gasteiger partial charge in [0.05, 0.1) is 0 Å². The van der Waals surface area contributed by atoms with Gasteiger partial charge in [0.25, 0.3) is 0 Å². The summed E-state index contributed by atoms with van der Waals surface area (Å²) in [6.07, 6.45) is 10.7. The molecule has 0 saturated carbocycles. The number of nitrogens with one attached hydrogen (secondary N) is 1. The zero-order valence-corrected chi connectivity index (χ0v) is 6.62. The molecule has 2 nitrogen and oxygen atoms in total. The van der Waals surface area contributed by atoms with E-state index in [0.717, 1.165) is 6.42 Å². The maximum atomic E-state index is 3.83. The van der Waals surface area contributed by atoms with Gasteiger partial charge in [0.15, 0.2) is 0 Å². The highest BCUT2D eigenvalue weighted by molar-refractivity contribution is 5.70. The second-order valence-corrected chi connectivity index (χ2v) is 2.26. The number of hydrogen-bond acceptors (Lipinski definition) is 1. The van der Waals surface area contributed by atoms with Crippen molar-refractivity contribution in [3.8, 4) is 0 Å². The second kappa shape index (κ2) is 4.50. The van der Waals surface area contributed by atoms with E-state index in [2.05, 4.69) is 22.1 Å². The first kappa shape index (κ1) is 7.79. The van der Waals surface area contributed by atoms with Crippen molar-refractivity contribution in [2.75, 3.05) is 7.05 Å². The summed E-state index contributed by atoms with van der Waals surface area (Å²) in [7, 11) is 1.76. The normalized spacial score (nSPS) is 11.7. The van der Waals surface area contributed by atoms with E-state index in [9.17, 15) is 0 Å². The van der Waals surface area contributed by atoms with E-state index in [0.29, 0.717) is 0 Å². The van der Waals surface area contributed by atoms with E-state index < -0.39 is 0 Å². The molecule has 0 aliphatic heterocycles. The molecule has 0 spiro atoms. The molecule has 1 aromatic heterocycles. The monoisotopic (exact) mass is 148 g/mol. The summed E-state index contributed by atoms with van der Waals surface area (Å²) in [5.74, 6) is 0. The van der Waals surface area contributed by atoms with Gasteiger partial charge in [0.1, 0.15) is 0 Å². The minimum atomic E-state index is 0.968. The van der Waals surface area contributed by atoms with Crippen molar-refractivity contribution in [3.63, 3.8) is 0 Å². The second-order valence-electron chi connectivity index (χ2n) is 2.26. The lowest BCUT2D eigenvalue weighted by Crippen LogP contribution is -1.74. The Labute approximate surface area is 66.7 Å². The number of nitrogens with zero attached hydrogens (tertiary/aromatic N) is 1. The Hall–Kier alpha value is -1.31. The summed E-state index contributed by atoms with van der Waals surface area (Å²) >= 11 is 0. The summed E-state index contributed by atoms with van der Waals surface area (Å²) in [6, 6.07) is 2.06. The number of aliphatic imine (C=N–C) groups is 1. The van der Waals surface area contributed by atoms with Crippen molar-refractivity contribution in [2.24, 2.45) is 4.99 Å². The highest BCUT2D eigenvalue weighted by Crippen LogP contribution is 1.97. The molecule has 1 aromatic rings. The molecule has 0 atom stereocenters. The molecular formula is C9H12N2. The predicted octanol–water partition coefficient (Wildman–Crippen LogP) is 1.81. The Kier molecular flexibility index (Phi) is 3.19. The van der Waals surface area contributed by atoms with Gasteiger partial charge in [-0.25, -0.2) is 0 Å². The Bertz CT molecular complexity index is 232. The van der Waals surface area contributed by atoms with Crippen LogP contribution in [0.15, 0.2) is 35.6 Å². The van der Waals surface area contributed by atoms with Gasteiger partial charge in [-0.3, -0.25) is 4.99 Å². The van der Waals surface area contributed by atoms with Crippen molar-refractivity contribution in [3.05, 3.63) is 36.2 Å². The van der Waals surface area contributed by atoms with E-state index in [1.54, 1.807) is 13.3 Å². The average molecular weight is 148 g/mol. The predicted molar refractivity (Wildman–Crippen MR) is 48.1 cm³/mol. The van der Waals surface area contributed by atoms with E-state index in [1.165, 1.54) is 5.56 Å². The number of H-pyrrole nitrogens is 1. The zero-order valence-electron chi connectivity index (χ0n) is 6.62. The molecule has 0 unspecified atom stereocenters. The standard InChI is InChI=1S/C9H12N2/c1-10-6-3-2-4-9-5-7-11-8-9/h2-3,5-8,11H,4H2,1H3/b3-2-,10-6?. The van der Waals surface area contributed by atoms with Crippen molar-refractivity contribution >= 4 is 6.21 Å². The molecule has 0 saturated heterocycles. The lowest BCUT2D eigenvalue weighted by atomic mass is 10.2. The van der Waals surface area contributed by atoms with Gasteiger partial charge in [-0.05, 0) is 24.1 Å². The first-order valence-corrected chi connectivity index (χ1v) is 3.62. The lowest BCUT2D eigenvalue weighted by Gasteiger charge is -1.84. The SMILES string of the molecule is CN=C/C=C\Cc1cc[nH]c1. The summed E-state index contributed by atoms with van der Waals surface area (Å²) in [4.78, 5) is 6.84. The van der Waals surface area contributed by atoms with Crippen molar-refractivity contribution < 1.29 is 0 Å². The summed E-state index contributed by atoms with van der Waals surface area (Å²) in [5, 5.41) is 0.